The quantitative estimate of drug-likeness (QED) is 0.485. The Morgan fingerprint density at radius 3 is 2.33 bits per heavy atom. The summed E-state index contributed by atoms with van der Waals surface area (Å²) >= 11 is 0. The number of aromatic nitrogens is 1. The van der Waals surface area contributed by atoms with Gasteiger partial charge in [0.15, 0.2) is 0 Å². The van der Waals surface area contributed by atoms with E-state index in [1.165, 1.54) is 0 Å². The lowest BCUT2D eigenvalue weighted by atomic mass is 9.95. The molecule has 1 aromatic carbocycles. The minimum atomic E-state index is -3.70. The summed E-state index contributed by atoms with van der Waals surface area (Å²) < 4.78 is 34.6. The van der Waals surface area contributed by atoms with Crippen molar-refractivity contribution in [1.82, 2.24) is 9.29 Å². The van der Waals surface area contributed by atoms with Crippen molar-refractivity contribution in [2.24, 2.45) is 5.92 Å². The van der Waals surface area contributed by atoms with Gasteiger partial charge < -0.3 is 9.72 Å². The number of aryl methyl sites for hydroxylation is 1. The summed E-state index contributed by atoms with van der Waals surface area (Å²) in [5.41, 5.74) is 3.96. The van der Waals surface area contributed by atoms with E-state index in [1.807, 2.05) is 26.0 Å². The number of hydrogen-bond donors (Lipinski definition) is 1. The molecule has 3 rings (SSSR count). The van der Waals surface area contributed by atoms with E-state index in [0.717, 1.165) is 60.9 Å². The zero-order valence-electron chi connectivity index (χ0n) is 20.6. The molecule has 0 atom stereocenters. The van der Waals surface area contributed by atoms with Crippen LogP contribution >= 0.6 is 0 Å². The second kappa shape index (κ2) is 10.9. The largest absolute Gasteiger partial charge is 0.461 e. The minimum Gasteiger partial charge on any atom is -0.461 e. The molecule has 33 heavy (non-hydrogen) atoms. The highest BCUT2D eigenvalue weighted by atomic mass is 32.2. The molecular weight excluding hydrogens is 436 g/mol. The molecule has 0 bridgehead atoms. The second-order valence-electron chi connectivity index (χ2n) is 9.53. The summed E-state index contributed by atoms with van der Waals surface area (Å²) in [5.74, 6) is 0.108. The summed E-state index contributed by atoms with van der Waals surface area (Å²) in [6.07, 6.45) is 5.84. The van der Waals surface area contributed by atoms with Crippen LogP contribution in [0, 0.1) is 19.8 Å². The van der Waals surface area contributed by atoms with Crippen molar-refractivity contribution in [3.05, 3.63) is 52.3 Å². The number of sulfonamides is 1. The topological polar surface area (TPSA) is 79.5 Å². The van der Waals surface area contributed by atoms with Crippen molar-refractivity contribution < 1.29 is 17.9 Å². The number of carbonyl (C=O) groups is 1. The van der Waals surface area contributed by atoms with Crippen LogP contribution in [0.15, 0.2) is 29.2 Å². The van der Waals surface area contributed by atoms with Gasteiger partial charge in [-0.05, 0) is 74.8 Å². The highest BCUT2D eigenvalue weighted by Gasteiger charge is 2.34. The van der Waals surface area contributed by atoms with Crippen LogP contribution in [0.2, 0.25) is 0 Å². The number of nitrogens with one attached hydrogen (secondary N) is 1. The highest BCUT2D eigenvalue weighted by molar-refractivity contribution is 7.89. The van der Waals surface area contributed by atoms with Crippen molar-refractivity contribution in [1.29, 1.82) is 0 Å². The lowest BCUT2D eigenvalue weighted by molar-refractivity contribution is 0.0519. The minimum absolute atomic E-state index is 0.0427. The van der Waals surface area contributed by atoms with Crippen molar-refractivity contribution >= 4 is 16.0 Å². The molecule has 1 aliphatic carbocycles. The summed E-state index contributed by atoms with van der Waals surface area (Å²) in [5, 5.41) is 0. The summed E-state index contributed by atoms with van der Waals surface area (Å²) in [6, 6.07) is 7.29. The molecule has 0 saturated heterocycles. The molecule has 1 heterocycles. The van der Waals surface area contributed by atoms with E-state index in [9.17, 15) is 13.2 Å². The number of nitrogens with zero attached hydrogens (tertiary/aromatic N) is 1. The Labute approximate surface area is 198 Å². The smallest absolute Gasteiger partial charge is 0.355 e. The van der Waals surface area contributed by atoms with Crippen LogP contribution in [-0.4, -0.2) is 36.3 Å². The number of aromatic amines is 1. The van der Waals surface area contributed by atoms with E-state index in [0.29, 0.717) is 23.1 Å². The summed E-state index contributed by atoms with van der Waals surface area (Å²) in [4.78, 5) is 15.8. The Morgan fingerprint density at radius 2 is 1.76 bits per heavy atom. The predicted octanol–water partition coefficient (Wildman–Crippen LogP) is 5.53. The Hall–Kier alpha value is -2.12. The van der Waals surface area contributed by atoms with Crippen LogP contribution in [0.4, 0.5) is 0 Å². The van der Waals surface area contributed by atoms with Gasteiger partial charge in [0.1, 0.15) is 5.69 Å². The molecule has 1 aliphatic rings. The monoisotopic (exact) mass is 474 g/mol. The first-order valence-electron chi connectivity index (χ1n) is 12.1. The average molecular weight is 475 g/mol. The zero-order valence-corrected chi connectivity index (χ0v) is 21.4. The van der Waals surface area contributed by atoms with Crippen molar-refractivity contribution in [3.8, 4) is 0 Å². The number of carbonyl (C=O) groups excluding carboxylic acids is 1. The number of hydrogen-bond acceptors (Lipinski definition) is 4. The van der Waals surface area contributed by atoms with Gasteiger partial charge in [0.2, 0.25) is 10.0 Å². The predicted molar refractivity (Wildman–Crippen MR) is 131 cm³/mol. The molecule has 0 spiro atoms. The molecule has 2 aromatic rings. The van der Waals surface area contributed by atoms with Gasteiger partial charge in [0.25, 0.3) is 0 Å². The first kappa shape index (κ1) is 25.5. The number of rotatable bonds is 9. The van der Waals surface area contributed by atoms with Crippen LogP contribution in [-0.2, 0) is 27.7 Å². The van der Waals surface area contributed by atoms with E-state index in [1.54, 1.807) is 23.4 Å². The lowest BCUT2D eigenvalue weighted by Crippen LogP contribution is -2.41. The lowest BCUT2D eigenvalue weighted by Gasteiger charge is -2.33. The molecule has 7 heteroatoms. The molecular formula is C26H38N2O4S. The van der Waals surface area contributed by atoms with Crippen molar-refractivity contribution in [2.75, 3.05) is 6.61 Å². The molecule has 0 amide bonds. The van der Waals surface area contributed by atoms with Crippen LogP contribution in [0.25, 0.3) is 0 Å². The molecule has 1 fully saturated rings. The zero-order chi connectivity index (χ0) is 24.2. The Morgan fingerprint density at radius 1 is 1.12 bits per heavy atom. The Balaban J connectivity index is 1.97. The van der Waals surface area contributed by atoms with Gasteiger partial charge in [-0.3, -0.25) is 0 Å². The van der Waals surface area contributed by atoms with Crippen molar-refractivity contribution in [3.63, 3.8) is 0 Å². The van der Waals surface area contributed by atoms with Gasteiger partial charge >= 0.3 is 5.97 Å². The van der Waals surface area contributed by atoms with Crippen LogP contribution < -0.4 is 0 Å². The fourth-order valence-corrected chi connectivity index (χ4v) is 6.43. The van der Waals surface area contributed by atoms with Gasteiger partial charge in [-0.25, -0.2) is 13.2 Å². The van der Waals surface area contributed by atoms with Gasteiger partial charge in [-0.2, -0.15) is 4.31 Å². The maximum absolute atomic E-state index is 13.9. The second-order valence-corrected chi connectivity index (χ2v) is 11.4. The van der Waals surface area contributed by atoms with Crippen molar-refractivity contribution in [2.45, 2.75) is 90.6 Å². The number of benzene rings is 1. The first-order valence-corrected chi connectivity index (χ1v) is 13.5. The van der Waals surface area contributed by atoms with E-state index < -0.39 is 16.0 Å². The fourth-order valence-electron chi connectivity index (χ4n) is 4.77. The van der Waals surface area contributed by atoms with Gasteiger partial charge in [0, 0.05) is 18.3 Å². The molecule has 0 aliphatic heterocycles. The van der Waals surface area contributed by atoms with Crippen LogP contribution in [0.3, 0.4) is 0 Å². The standard InChI is InChI=1S/C26H38N2O4S/c1-6-32-26(29)25-19(4)24(20(5)27-25)17-28(22-10-8-7-9-11-22)33(30,31)23-14-12-21(13-15-23)16-18(2)3/h12-15,18,22,27H,6-11,16-17H2,1-5H3. The van der Waals surface area contributed by atoms with E-state index in [4.69, 9.17) is 4.74 Å². The fraction of sp³-hybridized carbons (Fsp3) is 0.577. The molecule has 0 radical (unpaired) electrons. The molecule has 6 nitrogen and oxygen atoms in total. The van der Waals surface area contributed by atoms with Gasteiger partial charge in [0.05, 0.1) is 11.5 Å². The van der Waals surface area contributed by atoms with Crippen LogP contribution in [0.1, 0.15) is 85.7 Å². The molecule has 1 aromatic heterocycles. The normalized spacial score (nSPS) is 15.4. The van der Waals surface area contributed by atoms with E-state index in [2.05, 4.69) is 18.8 Å². The van der Waals surface area contributed by atoms with E-state index >= 15 is 0 Å². The third-order valence-electron chi connectivity index (χ3n) is 6.54. The van der Waals surface area contributed by atoms with Gasteiger partial charge in [-0.1, -0.05) is 45.2 Å². The van der Waals surface area contributed by atoms with Crippen LogP contribution in [0.5, 0.6) is 0 Å². The van der Waals surface area contributed by atoms with E-state index in [-0.39, 0.29) is 12.6 Å². The Bertz CT molecular complexity index is 1050. The molecule has 182 valence electrons. The molecule has 1 saturated carbocycles. The third kappa shape index (κ3) is 5.87. The SMILES string of the molecule is CCOC(=O)c1[nH]c(C)c(CN(C2CCCCC2)S(=O)(=O)c2ccc(CC(C)C)cc2)c1C. The summed E-state index contributed by atoms with van der Waals surface area (Å²) in [6.45, 7) is 10.4. The number of esters is 1. The maximum Gasteiger partial charge on any atom is 0.355 e. The molecule has 0 unspecified atom stereocenters. The molecule has 1 N–H and O–H groups in total. The summed E-state index contributed by atoms with van der Waals surface area (Å²) in [7, 11) is -3.70. The third-order valence-corrected chi connectivity index (χ3v) is 8.45. The first-order chi connectivity index (χ1) is 15.6. The van der Waals surface area contributed by atoms with Gasteiger partial charge in [-0.15, -0.1) is 0 Å². The Kier molecular flexibility index (Phi) is 8.40. The highest BCUT2D eigenvalue weighted by Crippen LogP contribution is 2.32. The maximum atomic E-state index is 13.9. The number of H-pyrrole nitrogens is 1. The average Bonchev–Trinajstić information content (AvgIpc) is 3.06. The number of ether oxygens (including phenoxy) is 1.